The number of carbonyl (C=O) groups excluding carboxylic acids is 1. The first kappa shape index (κ1) is 13.8. The molecule has 5 nitrogen and oxygen atoms in total. The summed E-state index contributed by atoms with van der Waals surface area (Å²) in [6.45, 7) is 0. The molecule has 0 radical (unpaired) electrons. The van der Waals surface area contributed by atoms with Crippen LogP contribution in [-0.2, 0) is 10.2 Å². The van der Waals surface area contributed by atoms with Gasteiger partial charge in [-0.25, -0.2) is 4.79 Å². The number of methoxy groups -OCH3 is 1. The van der Waals surface area contributed by atoms with Gasteiger partial charge >= 0.3 is 5.97 Å². The van der Waals surface area contributed by atoms with Crippen LogP contribution in [0.1, 0.15) is 33.8 Å². The van der Waals surface area contributed by atoms with Gasteiger partial charge in [0, 0.05) is 11.6 Å². The lowest BCUT2D eigenvalue weighted by Crippen LogP contribution is -2.21. The molecule has 1 amide bonds. The number of rotatable bonds is 3. The number of carboxylic acid groups (broad SMARTS) is 1. The zero-order valence-corrected chi connectivity index (χ0v) is 12.5. The van der Waals surface area contributed by atoms with Crippen molar-refractivity contribution in [3.63, 3.8) is 0 Å². The second kappa shape index (κ2) is 4.59. The fourth-order valence-electron chi connectivity index (χ4n) is 3.58. The Morgan fingerprint density at radius 1 is 1.30 bits per heavy atom. The Labute approximate surface area is 132 Å². The van der Waals surface area contributed by atoms with Crippen LogP contribution in [0.25, 0.3) is 0 Å². The molecule has 0 unspecified atom stereocenters. The molecule has 1 spiro atoms. The molecule has 0 saturated heterocycles. The Kier molecular flexibility index (Phi) is 2.75. The molecule has 1 saturated carbocycles. The standard InChI is InChI=1S/C18H15NO4/c1-23-12-4-2-3-10(7-12)14-9-18(14)13-8-11(16(20)21)5-6-15(13)19-17(18)22/h2-8,14H,9H2,1H3,(H,19,22)(H,20,21)/t14-,18+/m0/s1. The van der Waals surface area contributed by atoms with Crippen LogP contribution >= 0.6 is 0 Å². The Balaban J connectivity index is 1.78. The van der Waals surface area contributed by atoms with Crippen molar-refractivity contribution in [2.45, 2.75) is 17.8 Å². The number of amides is 1. The van der Waals surface area contributed by atoms with Gasteiger partial charge in [0.1, 0.15) is 5.75 Å². The fourth-order valence-corrected chi connectivity index (χ4v) is 3.58. The quantitative estimate of drug-likeness (QED) is 0.914. The molecule has 2 aromatic rings. The number of carboxylic acids is 1. The Morgan fingerprint density at radius 3 is 2.87 bits per heavy atom. The van der Waals surface area contributed by atoms with Gasteiger partial charge in [-0.05, 0) is 47.9 Å². The van der Waals surface area contributed by atoms with E-state index in [0.29, 0.717) is 12.1 Å². The molecule has 1 aliphatic heterocycles. The zero-order valence-electron chi connectivity index (χ0n) is 12.5. The number of ether oxygens (including phenoxy) is 1. The molecule has 2 aliphatic rings. The highest BCUT2D eigenvalue weighted by atomic mass is 16.5. The van der Waals surface area contributed by atoms with Gasteiger partial charge in [0.15, 0.2) is 0 Å². The lowest BCUT2D eigenvalue weighted by atomic mass is 9.91. The topological polar surface area (TPSA) is 75.6 Å². The molecule has 116 valence electrons. The molecule has 0 bridgehead atoms. The largest absolute Gasteiger partial charge is 0.497 e. The van der Waals surface area contributed by atoms with Crippen molar-refractivity contribution in [2.75, 3.05) is 12.4 Å². The second-order valence-corrected chi connectivity index (χ2v) is 6.02. The molecule has 0 aromatic heterocycles. The van der Waals surface area contributed by atoms with Gasteiger partial charge < -0.3 is 15.2 Å². The highest BCUT2D eigenvalue weighted by Crippen LogP contribution is 2.65. The van der Waals surface area contributed by atoms with Crippen molar-refractivity contribution < 1.29 is 19.4 Å². The van der Waals surface area contributed by atoms with Gasteiger partial charge in [0.25, 0.3) is 0 Å². The highest BCUT2D eigenvalue weighted by Gasteiger charge is 2.65. The molecular formula is C18H15NO4. The third kappa shape index (κ3) is 1.86. The predicted molar refractivity (Wildman–Crippen MR) is 84.1 cm³/mol. The van der Waals surface area contributed by atoms with Crippen molar-refractivity contribution in [3.8, 4) is 5.75 Å². The Morgan fingerprint density at radius 2 is 2.13 bits per heavy atom. The molecule has 2 aromatic carbocycles. The van der Waals surface area contributed by atoms with Crippen molar-refractivity contribution in [1.82, 2.24) is 0 Å². The summed E-state index contributed by atoms with van der Waals surface area (Å²) in [5, 5.41) is 12.1. The van der Waals surface area contributed by atoms with E-state index in [1.807, 2.05) is 24.3 Å². The van der Waals surface area contributed by atoms with Gasteiger partial charge in [-0.2, -0.15) is 0 Å². The van der Waals surface area contributed by atoms with Crippen LogP contribution in [0.3, 0.4) is 0 Å². The van der Waals surface area contributed by atoms with E-state index in [1.54, 1.807) is 19.2 Å². The van der Waals surface area contributed by atoms with Gasteiger partial charge in [-0.15, -0.1) is 0 Å². The van der Waals surface area contributed by atoms with Gasteiger partial charge in [-0.3, -0.25) is 4.79 Å². The third-order valence-electron chi connectivity index (χ3n) is 4.86. The first-order valence-corrected chi connectivity index (χ1v) is 7.39. The average molecular weight is 309 g/mol. The van der Waals surface area contributed by atoms with E-state index in [0.717, 1.165) is 16.9 Å². The monoisotopic (exact) mass is 309 g/mol. The number of nitrogens with one attached hydrogen (secondary N) is 1. The van der Waals surface area contributed by atoms with E-state index in [9.17, 15) is 14.7 Å². The summed E-state index contributed by atoms with van der Waals surface area (Å²) in [5.74, 6) is -0.242. The summed E-state index contributed by atoms with van der Waals surface area (Å²) in [6, 6.07) is 12.5. The van der Waals surface area contributed by atoms with Crippen LogP contribution < -0.4 is 10.1 Å². The number of benzene rings is 2. The van der Waals surface area contributed by atoms with E-state index in [1.165, 1.54) is 6.07 Å². The van der Waals surface area contributed by atoms with E-state index in [4.69, 9.17) is 4.74 Å². The van der Waals surface area contributed by atoms with Gasteiger partial charge in [-0.1, -0.05) is 12.1 Å². The zero-order chi connectivity index (χ0) is 16.2. The summed E-state index contributed by atoms with van der Waals surface area (Å²) in [6.07, 6.45) is 0.683. The molecule has 4 rings (SSSR count). The number of hydrogen-bond acceptors (Lipinski definition) is 3. The van der Waals surface area contributed by atoms with Crippen LogP contribution in [-0.4, -0.2) is 24.1 Å². The maximum atomic E-state index is 12.5. The summed E-state index contributed by atoms with van der Waals surface area (Å²) in [5.41, 5.74) is 2.09. The van der Waals surface area contributed by atoms with E-state index in [2.05, 4.69) is 5.32 Å². The maximum Gasteiger partial charge on any atom is 0.335 e. The average Bonchev–Trinajstić information content (AvgIpc) is 3.25. The van der Waals surface area contributed by atoms with Gasteiger partial charge in [0.2, 0.25) is 5.91 Å². The number of hydrogen-bond donors (Lipinski definition) is 2. The third-order valence-corrected chi connectivity index (χ3v) is 4.86. The molecule has 23 heavy (non-hydrogen) atoms. The van der Waals surface area contributed by atoms with E-state index >= 15 is 0 Å². The summed E-state index contributed by atoms with van der Waals surface area (Å²) in [7, 11) is 1.61. The van der Waals surface area contributed by atoms with E-state index < -0.39 is 11.4 Å². The molecule has 1 fully saturated rings. The van der Waals surface area contributed by atoms with Crippen molar-refractivity contribution in [3.05, 3.63) is 59.2 Å². The molecule has 5 heteroatoms. The smallest absolute Gasteiger partial charge is 0.335 e. The SMILES string of the molecule is COc1cccc([C@@H]2C[C@]23C(=O)Nc2ccc(C(=O)O)cc23)c1. The van der Waals surface area contributed by atoms with E-state index in [-0.39, 0.29) is 17.4 Å². The molecule has 2 atom stereocenters. The summed E-state index contributed by atoms with van der Waals surface area (Å²) >= 11 is 0. The molecular weight excluding hydrogens is 294 g/mol. The minimum absolute atomic E-state index is 0.0443. The lowest BCUT2D eigenvalue weighted by molar-refractivity contribution is -0.118. The Hall–Kier alpha value is -2.82. The highest BCUT2D eigenvalue weighted by molar-refractivity contribution is 6.10. The molecule has 1 aliphatic carbocycles. The summed E-state index contributed by atoms with van der Waals surface area (Å²) in [4.78, 5) is 23.8. The first-order valence-electron chi connectivity index (χ1n) is 7.39. The minimum Gasteiger partial charge on any atom is -0.497 e. The van der Waals surface area contributed by atoms with Crippen LogP contribution in [0.5, 0.6) is 5.75 Å². The van der Waals surface area contributed by atoms with Gasteiger partial charge in [0.05, 0.1) is 18.1 Å². The number of anilines is 1. The second-order valence-electron chi connectivity index (χ2n) is 6.02. The maximum absolute atomic E-state index is 12.5. The lowest BCUT2D eigenvalue weighted by Gasteiger charge is -2.10. The van der Waals surface area contributed by atoms with Crippen LogP contribution in [0.15, 0.2) is 42.5 Å². The van der Waals surface area contributed by atoms with Crippen molar-refractivity contribution in [1.29, 1.82) is 0 Å². The van der Waals surface area contributed by atoms with Crippen LogP contribution in [0, 0.1) is 0 Å². The normalized spacial score (nSPS) is 24.2. The van der Waals surface area contributed by atoms with Crippen LogP contribution in [0.4, 0.5) is 5.69 Å². The minimum atomic E-state index is -0.985. The molecule has 1 heterocycles. The number of fused-ring (bicyclic) bond motifs is 2. The summed E-state index contributed by atoms with van der Waals surface area (Å²) < 4.78 is 5.25. The molecule has 2 N–H and O–H groups in total. The van der Waals surface area contributed by atoms with Crippen LogP contribution in [0.2, 0.25) is 0 Å². The number of carbonyl (C=O) groups is 2. The fraction of sp³-hybridized carbons (Fsp3) is 0.222. The van der Waals surface area contributed by atoms with Crippen molar-refractivity contribution in [2.24, 2.45) is 0 Å². The van der Waals surface area contributed by atoms with Crippen molar-refractivity contribution >= 4 is 17.6 Å². The number of aromatic carboxylic acids is 1. The Bertz CT molecular complexity index is 845. The predicted octanol–water partition coefficient (Wildman–Crippen LogP) is 2.77. The first-order chi connectivity index (χ1) is 11.1.